The molecule has 82 valence electrons. The van der Waals surface area contributed by atoms with Gasteiger partial charge < -0.3 is 5.32 Å². The molecule has 0 aromatic heterocycles. The van der Waals surface area contributed by atoms with Crippen molar-refractivity contribution in [1.29, 1.82) is 0 Å². The lowest BCUT2D eigenvalue weighted by atomic mass is 9.91. The average molecular weight is 272 g/mol. The van der Waals surface area contributed by atoms with Crippen molar-refractivity contribution in [3.05, 3.63) is 34.1 Å². The largest absolute Gasteiger partial charge is 0.311 e. The highest BCUT2D eigenvalue weighted by Gasteiger charge is 2.28. The molecule has 0 bridgehead atoms. The van der Waals surface area contributed by atoms with E-state index in [4.69, 9.17) is 0 Å². The van der Waals surface area contributed by atoms with Crippen LogP contribution >= 0.6 is 15.9 Å². The molecule has 0 amide bonds. The van der Waals surface area contributed by atoms with Crippen LogP contribution < -0.4 is 5.32 Å². The smallest absolute Gasteiger partial charge is 0.137 e. The molecule has 1 unspecified atom stereocenters. The number of halogens is 2. The van der Waals surface area contributed by atoms with E-state index in [0.717, 1.165) is 13.0 Å². The molecule has 1 atom stereocenters. The lowest BCUT2D eigenvalue weighted by Crippen LogP contribution is -2.38. The van der Waals surface area contributed by atoms with Crippen molar-refractivity contribution < 1.29 is 4.39 Å². The molecule has 1 saturated heterocycles. The molecule has 1 N–H and O–H groups in total. The van der Waals surface area contributed by atoms with Crippen LogP contribution in [0.5, 0.6) is 0 Å². The molecule has 1 nitrogen and oxygen atoms in total. The van der Waals surface area contributed by atoms with Crippen molar-refractivity contribution >= 4 is 15.9 Å². The van der Waals surface area contributed by atoms with Crippen LogP contribution in [0.15, 0.2) is 22.7 Å². The summed E-state index contributed by atoms with van der Waals surface area (Å²) in [5, 5.41) is 3.51. The maximum Gasteiger partial charge on any atom is 0.137 e. The van der Waals surface area contributed by atoms with Gasteiger partial charge in [0.05, 0.1) is 4.47 Å². The Kier molecular flexibility index (Phi) is 3.12. The number of benzene rings is 1. The van der Waals surface area contributed by atoms with Gasteiger partial charge in [-0.05, 0) is 66.4 Å². The number of nitrogens with one attached hydrogen (secondary N) is 1. The molecule has 0 aliphatic carbocycles. The minimum Gasteiger partial charge on any atom is -0.311 e. The fraction of sp³-hybridized carbons (Fsp3) is 0.500. The van der Waals surface area contributed by atoms with E-state index in [0.29, 0.717) is 4.47 Å². The van der Waals surface area contributed by atoms with Gasteiger partial charge in [0.2, 0.25) is 0 Å². The first-order chi connectivity index (χ1) is 7.09. The van der Waals surface area contributed by atoms with Gasteiger partial charge in [-0.25, -0.2) is 4.39 Å². The van der Waals surface area contributed by atoms with Crippen LogP contribution in [0.2, 0.25) is 0 Å². The van der Waals surface area contributed by atoms with Gasteiger partial charge in [0.25, 0.3) is 0 Å². The molecule has 1 aliphatic heterocycles. The minimum atomic E-state index is -0.191. The van der Waals surface area contributed by atoms with Crippen LogP contribution in [-0.4, -0.2) is 12.1 Å². The quantitative estimate of drug-likeness (QED) is 0.871. The maximum absolute atomic E-state index is 13.0. The van der Waals surface area contributed by atoms with Gasteiger partial charge in [0, 0.05) is 5.54 Å². The first kappa shape index (κ1) is 11.1. The SMILES string of the molecule is CC1(Cc2ccc(F)c(Br)c2)CCCN1. The summed E-state index contributed by atoms with van der Waals surface area (Å²) in [6.07, 6.45) is 3.40. The van der Waals surface area contributed by atoms with Crippen molar-refractivity contribution in [1.82, 2.24) is 5.32 Å². The van der Waals surface area contributed by atoms with Crippen molar-refractivity contribution in [2.45, 2.75) is 31.7 Å². The average Bonchev–Trinajstić information content (AvgIpc) is 2.59. The molecule has 1 aromatic carbocycles. The standard InChI is InChI=1S/C12H15BrFN/c1-12(5-2-6-15-12)8-9-3-4-11(14)10(13)7-9/h3-4,7,15H,2,5-6,8H2,1H3. The third-order valence-electron chi connectivity index (χ3n) is 3.04. The van der Waals surface area contributed by atoms with Crippen molar-refractivity contribution in [2.24, 2.45) is 0 Å². The number of hydrogen-bond acceptors (Lipinski definition) is 1. The van der Waals surface area contributed by atoms with E-state index >= 15 is 0 Å². The molecule has 1 aliphatic rings. The van der Waals surface area contributed by atoms with Crippen LogP contribution in [0.4, 0.5) is 4.39 Å². The molecule has 1 aromatic rings. The Bertz CT molecular complexity index is 359. The summed E-state index contributed by atoms with van der Waals surface area (Å²) in [5.74, 6) is -0.191. The first-order valence-corrected chi connectivity index (χ1v) is 6.07. The molecule has 0 radical (unpaired) electrons. The number of rotatable bonds is 2. The van der Waals surface area contributed by atoms with E-state index in [1.54, 1.807) is 0 Å². The lowest BCUT2D eigenvalue weighted by molar-refractivity contribution is 0.412. The van der Waals surface area contributed by atoms with Crippen molar-refractivity contribution in [3.8, 4) is 0 Å². The molecule has 3 heteroatoms. The minimum absolute atomic E-state index is 0.191. The predicted molar refractivity (Wildman–Crippen MR) is 63.4 cm³/mol. The molecule has 1 fully saturated rings. The molecular weight excluding hydrogens is 257 g/mol. The maximum atomic E-state index is 13.0. The molecule has 15 heavy (non-hydrogen) atoms. The Balaban J connectivity index is 2.13. The first-order valence-electron chi connectivity index (χ1n) is 5.28. The topological polar surface area (TPSA) is 12.0 Å². The van der Waals surface area contributed by atoms with Gasteiger partial charge in [-0.15, -0.1) is 0 Å². The molecule has 0 saturated carbocycles. The van der Waals surface area contributed by atoms with E-state index in [1.807, 2.05) is 12.1 Å². The van der Waals surface area contributed by atoms with Crippen molar-refractivity contribution in [3.63, 3.8) is 0 Å². The molecule has 2 rings (SSSR count). The third kappa shape index (κ3) is 2.58. The van der Waals surface area contributed by atoms with Gasteiger partial charge >= 0.3 is 0 Å². The third-order valence-corrected chi connectivity index (χ3v) is 3.64. The van der Waals surface area contributed by atoms with Gasteiger partial charge in [0.1, 0.15) is 5.82 Å². The van der Waals surface area contributed by atoms with E-state index < -0.39 is 0 Å². The Morgan fingerprint density at radius 2 is 2.33 bits per heavy atom. The normalized spacial score (nSPS) is 25.8. The monoisotopic (exact) mass is 271 g/mol. The van der Waals surface area contributed by atoms with Crippen LogP contribution in [0, 0.1) is 5.82 Å². The Hall–Kier alpha value is -0.410. The summed E-state index contributed by atoms with van der Waals surface area (Å²) in [6.45, 7) is 3.33. The summed E-state index contributed by atoms with van der Waals surface area (Å²) in [4.78, 5) is 0. The van der Waals surface area contributed by atoms with E-state index in [9.17, 15) is 4.39 Å². The Labute approximate surface area is 98.2 Å². The van der Waals surface area contributed by atoms with Gasteiger partial charge in [-0.2, -0.15) is 0 Å². The molecular formula is C12H15BrFN. The summed E-state index contributed by atoms with van der Waals surface area (Å²) >= 11 is 3.22. The lowest BCUT2D eigenvalue weighted by Gasteiger charge is -2.24. The zero-order chi connectivity index (χ0) is 10.9. The van der Waals surface area contributed by atoms with Crippen LogP contribution in [0.25, 0.3) is 0 Å². The van der Waals surface area contributed by atoms with Crippen LogP contribution in [0.3, 0.4) is 0 Å². The highest BCUT2D eigenvalue weighted by atomic mass is 79.9. The van der Waals surface area contributed by atoms with Crippen LogP contribution in [0.1, 0.15) is 25.3 Å². The second kappa shape index (κ2) is 4.22. The van der Waals surface area contributed by atoms with Gasteiger partial charge in [-0.1, -0.05) is 6.07 Å². The highest BCUT2D eigenvalue weighted by molar-refractivity contribution is 9.10. The van der Waals surface area contributed by atoms with E-state index in [1.165, 1.54) is 24.5 Å². The summed E-state index contributed by atoms with van der Waals surface area (Å²) < 4.78 is 13.6. The summed E-state index contributed by atoms with van der Waals surface area (Å²) in [7, 11) is 0. The second-order valence-electron chi connectivity index (χ2n) is 4.52. The van der Waals surface area contributed by atoms with Gasteiger partial charge in [-0.3, -0.25) is 0 Å². The van der Waals surface area contributed by atoms with E-state index in [-0.39, 0.29) is 11.4 Å². The van der Waals surface area contributed by atoms with E-state index in [2.05, 4.69) is 28.2 Å². The fourth-order valence-corrected chi connectivity index (χ4v) is 2.63. The Morgan fingerprint density at radius 1 is 1.53 bits per heavy atom. The zero-order valence-electron chi connectivity index (χ0n) is 8.82. The second-order valence-corrected chi connectivity index (χ2v) is 5.37. The predicted octanol–water partition coefficient (Wildman–Crippen LogP) is 3.27. The zero-order valence-corrected chi connectivity index (χ0v) is 10.4. The molecule has 1 heterocycles. The van der Waals surface area contributed by atoms with Crippen LogP contribution in [-0.2, 0) is 6.42 Å². The Morgan fingerprint density at radius 3 is 2.93 bits per heavy atom. The molecule has 0 spiro atoms. The highest BCUT2D eigenvalue weighted by Crippen LogP contribution is 2.25. The van der Waals surface area contributed by atoms with Gasteiger partial charge in [0.15, 0.2) is 0 Å². The van der Waals surface area contributed by atoms with Crippen molar-refractivity contribution in [2.75, 3.05) is 6.54 Å². The summed E-state index contributed by atoms with van der Waals surface area (Å²) in [6, 6.07) is 5.27. The summed E-state index contributed by atoms with van der Waals surface area (Å²) in [5.41, 5.74) is 1.37. The number of hydrogen-bond donors (Lipinski definition) is 1. The fourth-order valence-electron chi connectivity index (χ4n) is 2.21.